The van der Waals surface area contributed by atoms with Gasteiger partial charge in [-0.05, 0) is 42.5 Å². The molecular formula is C22H21N7O4. The Morgan fingerprint density at radius 3 is 2.58 bits per heavy atom. The average molecular weight is 447 g/mol. The first-order valence-electron chi connectivity index (χ1n) is 10.4. The number of nitrogens with one attached hydrogen (secondary N) is 3. The summed E-state index contributed by atoms with van der Waals surface area (Å²) < 4.78 is 10.0. The fraction of sp³-hybridized carbons (Fsp3) is 0.227. The molecule has 3 N–H and O–H groups in total. The number of aromatic nitrogens is 4. The number of carbonyl (C=O) groups is 2. The summed E-state index contributed by atoms with van der Waals surface area (Å²) >= 11 is 0. The molecule has 2 amide bonds. The summed E-state index contributed by atoms with van der Waals surface area (Å²) in [5.41, 5.74) is 2.68. The second-order valence-electron chi connectivity index (χ2n) is 7.46. The van der Waals surface area contributed by atoms with Crippen LogP contribution < -0.4 is 15.5 Å². The second kappa shape index (κ2) is 9.09. The minimum atomic E-state index is -0.307. The first kappa shape index (κ1) is 20.6. The van der Waals surface area contributed by atoms with Gasteiger partial charge in [0.05, 0.1) is 25.3 Å². The van der Waals surface area contributed by atoms with Crippen LogP contribution in [0.1, 0.15) is 26.5 Å². The highest BCUT2D eigenvalue weighted by molar-refractivity contribution is 6.09. The number of fused-ring (bicyclic) bond motifs is 1. The van der Waals surface area contributed by atoms with Gasteiger partial charge in [-0.1, -0.05) is 5.16 Å². The van der Waals surface area contributed by atoms with E-state index in [0.29, 0.717) is 46.9 Å². The number of benzene rings is 2. The van der Waals surface area contributed by atoms with Gasteiger partial charge in [-0.15, -0.1) is 0 Å². The monoisotopic (exact) mass is 447 g/mol. The van der Waals surface area contributed by atoms with Crippen LogP contribution in [0.4, 0.5) is 11.5 Å². The normalized spacial score (nSPS) is 13.8. The Labute approximate surface area is 188 Å². The fourth-order valence-corrected chi connectivity index (χ4v) is 3.61. The van der Waals surface area contributed by atoms with Gasteiger partial charge in [0.1, 0.15) is 0 Å². The number of nitrogens with zero attached hydrogens (tertiary/aromatic N) is 4. The van der Waals surface area contributed by atoms with E-state index in [4.69, 9.17) is 4.74 Å². The van der Waals surface area contributed by atoms with Gasteiger partial charge in [0.25, 0.3) is 11.8 Å². The summed E-state index contributed by atoms with van der Waals surface area (Å²) in [5.74, 6) is 0.128. The van der Waals surface area contributed by atoms with Gasteiger partial charge >= 0.3 is 0 Å². The molecule has 1 aliphatic rings. The van der Waals surface area contributed by atoms with Crippen molar-refractivity contribution in [3.8, 4) is 0 Å². The van der Waals surface area contributed by atoms with Gasteiger partial charge in [0.2, 0.25) is 6.39 Å². The smallest absolute Gasteiger partial charge is 0.256 e. The molecule has 3 heterocycles. The number of carbonyl (C=O) groups excluding carboxylic acids is 2. The Morgan fingerprint density at radius 1 is 1.03 bits per heavy atom. The molecule has 0 radical (unpaired) electrons. The molecule has 33 heavy (non-hydrogen) atoms. The number of morpholine rings is 1. The molecule has 5 rings (SSSR count). The standard InChI is InChI=1S/C22H21N7O4/c30-21(23-12-19-24-13-33-28-19)15-3-6-18-17(11-15)20(27-26-18)25-22(31)14-1-4-16(5-2-14)29-7-9-32-10-8-29/h1-6,11,13H,7-10,12H2,(H,23,30)(H2,25,26,27,31). The van der Waals surface area contributed by atoms with E-state index >= 15 is 0 Å². The van der Waals surface area contributed by atoms with Crippen molar-refractivity contribution in [2.75, 3.05) is 36.5 Å². The van der Waals surface area contributed by atoms with Gasteiger partial charge in [0, 0.05) is 35.3 Å². The lowest BCUT2D eigenvalue weighted by Crippen LogP contribution is -2.36. The van der Waals surface area contributed by atoms with Crippen molar-refractivity contribution in [3.05, 3.63) is 65.8 Å². The lowest BCUT2D eigenvalue weighted by Gasteiger charge is -2.28. The number of hydrogen-bond donors (Lipinski definition) is 3. The zero-order valence-corrected chi connectivity index (χ0v) is 17.6. The van der Waals surface area contributed by atoms with Gasteiger partial charge in [-0.2, -0.15) is 10.1 Å². The third-order valence-corrected chi connectivity index (χ3v) is 5.38. The molecule has 0 saturated carbocycles. The average Bonchev–Trinajstić information content (AvgIpc) is 3.53. The molecular weight excluding hydrogens is 426 g/mol. The van der Waals surface area contributed by atoms with Crippen LogP contribution in [-0.4, -0.2) is 58.5 Å². The summed E-state index contributed by atoms with van der Waals surface area (Å²) in [6.45, 7) is 3.20. The van der Waals surface area contributed by atoms with Gasteiger partial charge in [-0.3, -0.25) is 14.7 Å². The van der Waals surface area contributed by atoms with E-state index in [-0.39, 0.29) is 18.4 Å². The Morgan fingerprint density at radius 2 is 1.82 bits per heavy atom. The van der Waals surface area contributed by atoms with Crippen molar-refractivity contribution in [3.63, 3.8) is 0 Å². The van der Waals surface area contributed by atoms with Crippen molar-refractivity contribution >= 4 is 34.2 Å². The molecule has 0 aliphatic carbocycles. The van der Waals surface area contributed by atoms with Gasteiger partial charge in [0.15, 0.2) is 11.6 Å². The molecule has 0 bridgehead atoms. The summed E-state index contributed by atoms with van der Waals surface area (Å²) in [6.07, 6.45) is 1.20. The molecule has 0 atom stereocenters. The van der Waals surface area contributed by atoms with Gasteiger partial charge < -0.3 is 24.8 Å². The first-order valence-corrected chi connectivity index (χ1v) is 10.4. The molecule has 11 nitrogen and oxygen atoms in total. The molecule has 1 saturated heterocycles. The predicted molar refractivity (Wildman–Crippen MR) is 119 cm³/mol. The highest BCUT2D eigenvalue weighted by Crippen LogP contribution is 2.23. The van der Waals surface area contributed by atoms with Crippen molar-refractivity contribution < 1.29 is 18.8 Å². The van der Waals surface area contributed by atoms with E-state index in [9.17, 15) is 9.59 Å². The van der Waals surface area contributed by atoms with Gasteiger partial charge in [-0.25, -0.2) is 0 Å². The zero-order valence-electron chi connectivity index (χ0n) is 17.6. The maximum Gasteiger partial charge on any atom is 0.256 e. The lowest BCUT2D eigenvalue weighted by molar-refractivity contribution is 0.0949. The van der Waals surface area contributed by atoms with Crippen molar-refractivity contribution in [1.29, 1.82) is 0 Å². The molecule has 1 aliphatic heterocycles. The van der Waals surface area contributed by atoms with E-state index in [1.807, 2.05) is 12.1 Å². The van der Waals surface area contributed by atoms with Crippen LogP contribution in [0, 0.1) is 0 Å². The zero-order chi connectivity index (χ0) is 22.6. The van der Waals surface area contributed by atoms with Crippen LogP contribution in [-0.2, 0) is 11.3 Å². The van der Waals surface area contributed by atoms with E-state index < -0.39 is 0 Å². The molecule has 0 spiro atoms. The van der Waals surface area contributed by atoms with E-state index in [1.165, 1.54) is 6.39 Å². The minimum absolute atomic E-state index is 0.142. The highest BCUT2D eigenvalue weighted by Gasteiger charge is 2.16. The number of ether oxygens (including phenoxy) is 1. The molecule has 0 unspecified atom stereocenters. The quantitative estimate of drug-likeness (QED) is 0.408. The van der Waals surface area contributed by atoms with Crippen LogP contribution in [0.25, 0.3) is 10.9 Å². The lowest BCUT2D eigenvalue weighted by atomic mass is 10.1. The number of H-pyrrole nitrogens is 1. The molecule has 11 heteroatoms. The number of anilines is 2. The van der Waals surface area contributed by atoms with Crippen molar-refractivity contribution in [1.82, 2.24) is 25.7 Å². The second-order valence-corrected chi connectivity index (χ2v) is 7.46. The first-order chi connectivity index (χ1) is 16.2. The largest absolute Gasteiger partial charge is 0.378 e. The minimum Gasteiger partial charge on any atom is -0.378 e. The van der Waals surface area contributed by atoms with E-state index in [0.717, 1.165) is 18.8 Å². The maximum absolute atomic E-state index is 12.8. The number of amides is 2. The number of aromatic amines is 1. The molecule has 1 fully saturated rings. The molecule has 2 aromatic heterocycles. The van der Waals surface area contributed by atoms with Crippen LogP contribution in [0.15, 0.2) is 53.4 Å². The highest BCUT2D eigenvalue weighted by atomic mass is 16.5. The maximum atomic E-state index is 12.8. The summed E-state index contributed by atoms with van der Waals surface area (Å²) in [7, 11) is 0. The topological polar surface area (TPSA) is 138 Å². The van der Waals surface area contributed by atoms with E-state index in [1.54, 1.807) is 30.3 Å². The van der Waals surface area contributed by atoms with Crippen molar-refractivity contribution in [2.24, 2.45) is 0 Å². The number of hydrogen-bond acceptors (Lipinski definition) is 8. The van der Waals surface area contributed by atoms with Crippen molar-refractivity contribution in [2.45, 2.75) is 6.54 Å². The van der Waals surface area contributed by atoms with Crippen LogP contribution in [0.3, 0.4) is 0 Å². The molecule has 4 aromatic rings. The summed E-state index contributed by atoms with van der Waals surface area (Å²) in [5, 5.41) is 16.9. The van der Waals surface area contributed by atoms with Crippen LogP contribution in [0.2, 0.25) is 0 Å². The Balaban J connectivity index is 1.28. The summed E-state index contributed by atoms with van der Waals surface area (Å²) in [6, 6.07) is 12.5. The summed E-state index contributed by atoms with van der Waals surface area (Å²) in [4.78, 5) is 31.4. The Kier molecular flexibility index (Phi) is 5.68. The Bertz CT molecular complexity index is 1260. The predicted octanol–water partition coefficient (Wildman–Crippen LogP) is 1.96. The van der Waals surface area contributed by atoms with E-state index in [2.05, 4.69) is 40.4 Å². The third-order valence-electron chi connectivity index (χ3n) is 5.38. The van der Waals surface area contributed by atoms with Crippen LogP contribution >= 0.6 is 0 Å². The third kappa shape index (κ3) is 4.53. The number of rotatable bonds is 6. The Hall–Kier alpha value is -4.25. The van der Waals surface area contributed by atoms with Crippen LogP contribution in [0.5, 0.6) is 0 Å². The SMILES string of the molecule is O=C(NCc1ncon1)c1ccc2[nH]nc(NC(=O)c3ccc(N4CCOCC4)cc3)c2c1. The molecule has 168 valence electrons. The fourth-order valence-electron chi connectivity index (χ4n) is 3.61. The molecule has 2 aromatic carbocycles.